The molecule has 0 atom stereocenters. The number of nitrogens with one attached hydrogen (secondary N) is 2. The van der Waals surface area contributed by atoms with Crippen molar-refractivity contribution < 1.29 is 71.2 Å². The van der Waals surface area contributed by atoms with E-state index in [0.29, 0.717) is 40.2 Å². The number of carbonyl (C=O) groups excluding carboxylic acids is 2. The summed E-state index contributed by atoms with van der Waals surface area (Å²) in [5, 5.41) is 30.4. The van der Waals surface area contributed by atoms with Crippen LogP contribution in [0.2, 0.25) is 0 Å². The summed E-state index contributed by atoms with van der Waals surface area (Å²) in [7, 11) is 0. The number of H-pyrrole nitrogens is 1. The number of aliphatic hydroxyl groups excluding tert-OH is 1. The average molecular weight is 1010 g/mol. The van der Waals surface area contributed by atoms with Crippen molar-refractivity contribution in [2.45, 2.75) is 97.8 Å². The predicted molar refractivity (Wildman–Crippen MR) is 275 cm³/mol. The molecule has 4 fully saturated rings. The van der Waals surface area contributed by atoms with E-state index in [1.54, 1.807) is 66.6 Å². The molecule has 5 N–H and O–H groups in total. The summed E-state index contributed by atoms with van der Waals surface area (Å²) in [6, 6.07) is 16.5. The van der Waals surface area contributed by atoms with E-state index in [4.69, 9.17) is 10.8 Å². The maximum absolute atomic E-state index is 12.9. The molecular formula is C52H67KN14O5. The molecule has 20 heteroatoms. The normalized spacial score (nSPS) is 16.2. The zero-order chi connectivity index (χ0) is 50.4. The van der Waals surface area contributed by atoms with Gasteiger partial charge in [0.2, 0.25) is 0 Å². The number of primary amides is 1. The van der Waals surface area contributed by atoms with E-state index in [1.807, 2.05) is 44.3 Å². The number of rotatable bonds is 10. The van der Waals surface area contributed by atoms with Gasteiger partial charge in [0.15, 0.2) is 11.5 Å². The van der Waals surface area contributed by atoms with Crippen LogP contribution in [0.5, 0.6) is 0 Å². The third kappa shape index (κ3) is 14.5. The van der Waals surface area contributed by atoms with Gasteiger partial charge in [-0.25, -0.2) is 14.0 Å². The van der Waals surface area contributed by atoms with Crippen LogP contribution in [0.15, 0.2) is 78.1 Å². The number of aliphatic hydroxyl groups is 1. The van der Waals surface area contributed by atoms with Gasteiger partial charge in [-0.05, 0) is 94.5 Å². The first-order valence-corrected chi connectivity index (χ1v) is 24.8. The van der Waals surface area contributed by atoms with Gasteiger partial charge in [0.1, 0.15) is 5.69 Å². The van der Waals surface area contributed by atoms with Crippen LogP contribution in [-0.2, 0) is 0 Å². The van der Waals surface area contributed by atoms with Crippen LogP contribution in [0.1, 0.15) is 98.5 Å². The molecule has 2 aromatic carbocycles. The molecule has 4 aliphatic rings. The van der Waals surface area contributed by atoms with Gasteiger partial charge in [-0.1, -0.05) is 34.1 Å². The minimum atomic E-state index is -0.750. The molecule has 72 heavy (non-hydrogen) atoms. The van der Waals surface area contributed by atoms with Crippen molar-refractivity contribution in [3.05, 3.63) is 106 Å². The van der Waals surface area contributed by atoms with Crippen molar-refractivity contribution in [3.8, 4) is 11.5 Å². The SMILES string of the molecule is CC(C)(C)[O-].CCCCO.Cc1cn2nc(-c3nc4ccc(N5CCN(C6CC6)CC5)cc4c(=O)[nH]3)cc2cn1.Cc1cn2nc(C(=O)Nc3ccc(N4CCN(C5CC5)CC4)cc3C(N)=O)cc2cn1.[K+]. The molecule has 2 aliphatic heterocycles. The summed E-state index contributed by atoms with van der Waals surface area (Å²) in [5.41, 5.74) is 12.2. The number of amides is 2. The number of unbranched alkanes of at least 4 members (excludes halogenated alkanes) is 1. The summed E-state index contributed by atoms with van der Waals surface area (Å²) in [4.78, 5) is 63.6. The summed E-state index contributed by atoms with van der Waals surface area (Å²) < 4.78 is 3.36. The second kappa shape index (κ2) is 24.2. The second-order valence-corrected chi connectivity index (χ2v) is 19.7. The molecule has 5 aromatic heterocycles. The Morgan fingerprint density at radius 1 is 0.792 bits per heavy atom. The van der Waals surface area contributed by atoms with Gasteiger partial charge in [-0.15, -0.1) is 5.60 Å². The third-order valence-electron chi connectivity index (χ3n) is 12.6. The maximum atomic E-state index is 12.9. The smallest absolute Gasteiger partial charge is 0.850 e. The van der Waals surface area contributed by atoms with Gasteiger partial charge < -0.3 is 36.0 Å². The number of carbonyl (C=O) groups is 2. The van der Waals surface area contributed by atoms with Crippen molar-refractivity contribution in [2.75, 3.05) is 74.1 Å². The number of hydrogen-bond donors (Lipinski definition) is 4. The standard InChI is InChI=1S/C22H25N7O2.C22H23N7O.C4H9O.C4H10O.K/c1-14-13-29-17(12-24-14)11-20(26-29)22(31)25-19-5-4-16(10-18(19)21(23)30)28-8-6-27(7-9-28)15-2-3-15;1-14-13-29-17(12-23-14)11-20(26-29)21-24-19-5-4-16(10-18(19)22(30)25-21)28-8-6-27(7-9-28)15-2-3-15;1-4(2,3)5;1-2-3-4-5;/h4-5,10-13,15H,2-3,6-9H2,1H3,(H2,23,30)(H,25,31);4-5,10-13,15H,2-3,6-9H2,1H3,(H,24,25,30);1-3H3;5H,2-4H2,1H3;/q;;-1;;+1. The third-order valence-corrected chi connectivity index (χ3v) is 12.6. The van der Waals surface area contributed by atoms with E-state index in [1.165, 1.54) is 25.7 Å². The maximum Gasteiger partial charge on any atom is 1.00 e. The van der Waals surface area contributed by atoms with Gasteiger partial charge >= 0.3 is 51.4 Å². The Kier molecular flexibility index (Phi) is 18.4. The van der Waals surface area contributed by atoms with Crippen LogP contribution in [0.4, 0.5) is 17.1 Å². The Balaban J connectivity index is 0.000000176. The Labute approximate surface area is 462 Å². The number of aromatic amines is 1. The average Bonchev–Trinajstić information content (AvgIpc) is 4.29. The minimum absolute atomic E-state index is 0. The Hall–Kier alpha value is -5.16. The molecule has 2 aliphatic carbocycles. The Morgan fingerprint density at radius 3 is 1.83 bits per heavy atom. The molecule has 19 nitrogen and oxygen atoms in total. The van der Waals surface area contributed by atoms with Gasteiger partial charge in [0.05, 0.1) is 69.4 Å². The molecule has 11 rings (SSSR count). The Bertz CT molecular complexity index is 3030. The molecule has 0 spiro atoms. The van der Waals surface area contributed by atoms with Crippen molar-refractivity contribution in [1.29, 1.82) is 0 Å². The number of nitrogens with zero attached hydrogens (tertiary/aromatic N) is 11. The van der Waals surface area contributed by atoms with Crippen molar-refractivity contribution >= 4 is 50.8 Å². The summed E-state index contributed by atoms with van der Waals surface area (Å²) in [5.74, 6) is -0.516. The predicted octanol–water partition coefficient (Wildman–Crippen LogP) is 1.83. The van der Waals surface area contributed by atoms with E-state index in [2.05, 4.69) is 68.0 Å². The number of aryl methyl sites for hydroxylation is 2. The summed E-state index contributed by atoms with van der Waals surface area (Å²) in [6.45, 7) is 19.1. The van der Waals surface area contributed by atoms with E-state index in [0.717, 1.165) is 106 Å². The minimum Gasteiger partial charge on any atom is -0.850 e. The van der Waals surface area contributed by atoms with Gasteiger partial charge in [0.25, 0.3) is 17.4 Å². The van der Waals surface area contributed by atoms with Gasteiger partial charge in [0, 0.05) is 82.4 Å². The fraction of sp³-hybridized carbons (Fsp3) is 0.462. The summed E-state index contributed by atoms with van der Waals surface area (Å²) in [6.07, 6.45) is 14.4. The first kappa shape index (κ1) is 54.6. The monoisotopic (exact) mass is 1010 g/mol. The first-order valence-electron chi connectivity index (χ1n) is 24.8. The fourth-order valence-electron chi connectivity index (χ4n) is 8.60. The van der Waals surface area contributed by atoms with Gasteiger partial charge in [-0.2, -0.15) is 10.2 Å². The number of aromatic nitrogens is 8. The fourth-order valence-corrected chi connectivity index (χ4v) is 8.60. The second-order valence-electron chi connectivity index (χ2n) is 19.7. The molecular weight excluding hydrogens is 940 g/mol. The molecule has 0 unspecified atom stereocenters. The van der Waals surface area contributed by atoms with Crippen LogP contribution in [-0.4, -0.2) is 143 Å². The van der Waals surface area contributed by atoms with Crippen LogP contribution in [0, 0.1) is 13.8 Å². The van der Waals surface area contributed by atoms with E-state index >= 15 is 0 Å². The summed E-state index contributed by atoms with van der Waals surface area (Å²) >= 11 is 0. The molecule has 2 saturated heterocycles. The number of benzene rings is 2. The van der Waals surface area contributed by atoms with E-state index < -0.39 is 17.4 Å². The topological polar surface area (TPSA) is 235 Å². The molecule has 376 valence electrons. The molecule has 2 saturated carbocycles. The van der Waals surface area contributed by atoms with E-state index in [9.17, 15) is 19.5 Å². The number of fused-ring (bicyclic) bond motifs is 3. The molecule has 0 radical (unpaired) electrons. The van der Waals surface area contributed by atoms with Crippen molar-refractivity contribution in [3.63, 3.8) is 0 Å². The van der Waals surface area contributed by atoms with E-state index in [-0.39, 0.29) is 68.2 Å². The molecule has 0 bridgehead atoms. The van der Waals surface area contributed by atoms with Crippen molar-refractivity contribution in [1.82, 2.24) is 49.0 Å². The van der Waals surface area contributed by atoms with Crippen LogP contribution in [0.3, 0.4) is 0 Å². The zero-order valence-electron chi connectivity index (χ0n) is 42.8. The zero-order valence-corrected chi connectivity index (χ0v) is 45.9. The number of anilines is 3. The first-order chi connectivity index (χ1) is 34.0. The quantitative estimate of drug-likeness (QED) is 0.143. The van der Waals surface area contributed by atoms with Gasteiger partial charge in [-0.3, -0.25) is 34.2 Å². The van der Waals surface area contributed by atoms with Crippen LogP contribution >= 0.6 is 0 Å². The number of piperazine rings is 2. The van der Waals surface area contributed by atoms with Crippen LogP contribution < -0.4 is 82.9 Å². The van der Waals surface area contributed by atoms with Crippen LogP contribution in [0.25, 0.3) is 33.5 Å². The number of hydrogen-bond acceptors (Lipinski definition) is 14. The molecule has 2 amide bonds. The Morgan fingerprint density at radius 2 is 1.32 bits per heavy atom. The molecule has 7 heterocycles. The molecule has 7 aromatic rings. The van der Waals surface area contributed by atoms with Crippen molar-refractivity contribution in [2.24, 2.45) is 5.73 Å². The number of nitrogens with two attached hydrogens (primary N) is 1. The largest absolute Gasteiger partial charge is 1.00 e.